The van der Waals surface area contributed by atoms with Crippen molar-refractivity contribution in [2.24, 2.45) is 11.7 Å². The van der Waals surface area contributed by atoms with Crippen LogP contribution >= 0.6 is 11.6 Å². The average Bonchev–Trinajstić information content (AvgIpc) is 2.89. The molecule has 20 heavy (non-hydrogen) atoms. The van der Waals surface area contributed by atoms with Crippen LogP contribution < -0.4 is 11.1 Å². The molecule has 4 unspecified atom stereocenters. The van der Waals surface area contributed by atoms with Gasteiger partial charge >= 0.3 is 0 Å². The molecule has 4 nitrogen and oxygen atoms in total. The zero-order chi connectivity index (χ0) is 13.7. The van der Waals surface area contributed by atoms with Gasteiger partial charge in [-0.1, -0.05) is 11.6 Å². The first-order valence-electron chi connectivity index (χ1n) is 6.92. The fraction of sp³-hybridized carbons (Fsp3) is 0.400. The molecule has 2 heterocycles. The van der Waals surface area contributed by atoms with E-state index in [4.69, 9.17) is 22.1 Å². The first-order valence-corrected chi connectivity index (χ1v) is 7.30. The summed E-state index contributed by atoms with van der Waals surface area (Å²) in [7, 11) is 0. The van der Waals surface area contributed by atoms with Crippen molar-refractivity contribution in [3.05, 3.63) is 35.5 Å². The average molecular weight is 290 g/mol. The second-order valence-electron chi connectivity index (χ2n) is 5.56. The minimum atomic E-state index is 0.165. The number of anilines is 1. The Kier molecular flexibility index (Phi) is 2.84. The third-order valence-corrected chi connectivity index (χ3v) is 4.71. The van der Waals surface area contributed by atoms with Crippen molar-refractivity contribution >= 4 is 28.2 Å². The summed E-state index contributed by atoms with van der Waals surface area (Å²) in [6.07, 6.45) is 3.12. The largest absolute Gasteiger partial charge is 0.378 e. The van der Waals surface area contributed by atoms with E-state index in [0.29, 0.717) is 10.9 Å². The van der Waals surface area contributed by atoms with Crippen molar-refractivity contribution in [1.82, 2.24) is 4.98 Å². The van der Waals surface area contributed by atoms with Crippen LogP contribution in [0.2, 0.25) is 5.02 Å². The standard InChI is InChI=1S/C15H16ClN3O/c16-8-1-2-9-11(3-5-18-12(9)7-8)19-14-13(17)10-4-6-20-15(10)14/h1-3,5,7,10,13-15H,4,6,17H2,(H,18,19). The zero-order valence-electron chi connectivity index (χ0n) is 10.9. The number of ether oxygens (including phenoxy) is 1. The number of nitrogens with one attached hydrogen (secondary N) is 1. The molecule has 0 spiro atoms. The summed E-state index contributed by atoms with van der Waals surface area (Å²) in [5.74, 6) is 0.509. The van der Waals surface area contributed by atoms with Crippen molar-refractivity contribution < 1.29 is 4.74 Å². The summed E-state index contributed by atoms with van der Waals surface area (Å²) in [6, 6.07) is 8.07. The van der Waals surface area contributed by atoms with E-state index in [1.54, 1.807) is 6.20 Å². The molecular weight excluding hydrogens is 274 g/mol. The lowest BCUT2D eigenvalue weighted by atomic mass is 9.72. The molecule has 0 bridgehead atoms. The normalized spacial score (nSPS) is 31.9. The highest BCUT2D eigenvalue weighted by Crippen LogP contribution is 2.40. The minimum absolute atomic E-state index is 0.165. The maximum atomic E-state index is 6.24. The van der Waals surface area contributed by atoms with Crippen LogP contribution in [0.4, 0.5) is 5.69 Å². The highest BCUT2D eigenvalue weighted by molar-refractivity contribution is 6.31. The highest BCUT2D eigenvalue weighted by Gasteiger charge is 2.52. The molecule has 1 aliphatic heterocycles. The van der Waals surface area contributed by atoms with Gasteiger partial charge in [-0.05, 0) is 30.7 Å². The van der Waals surface area contributed by atoms with Crippen LogP contribution in [-0.2, 0) is 4.74 Å². The Morgan fingerprint density at radius 2 is 2.25 bits per heavy atom. The number of hydrogen-bond acceptors (Lipinski definition) is 4. The monoisotopic (exact) mass is 289 g/mol. The first-order chi connectivity index (χ1) is 9.74. The Morgan fingerprint density at radius 3 is 3.15 bits per heavy atom. The van der Waals surface area contributed by atoms with Crippen LogP contribution in [0.3, 0.4) is 0 Å². The van der Waals surface area contributed by atoms with Gasteiger partial charge in [-0.3, -0.25) is 4.98 Å². The minimum Gasteiger partial charge on any atom is -0.378 e. The van der Waals surface area contributed by atoms with E-state index >= 15 is 0 Å². The molecule has 2 fully saturated rings. The predicted octanol–water partition coefficient (Wildman–Crippen LogP) is 2.41. The molecule has 5 heteroatoms. The van der Waals surface area contributed by atoms with Crippen molar-refractivity contribution in [2.45, 2.75) is 24.6 Å². The van der Waals surface area contributed by atoms with Gasteiger partial charge in [0.2, 0.25) is 0 Å². The van der Waals surface area contributed by atoms with E-state index in [9.17, 15) is 0 Å². The number of benzene rings is 1. The summed E-state index contributed by atoms with van der Waals surface area (Å²) >= 11 is 6.01. The molecule has 2 aromatic rings. The Morgan fingerprint density at radius 1 is 1.35 bits per heavy atom. The number of fused-ring (bicyclic) bond motifs is 2. The van der Waals surface area contributed by atoms with E-state index < -0.39 is 0 Å². The topological polar surface area (TPSA) is 60.2 Å². The number of hydrogen-bond donors (Lipinski definition) is 2. The summed E-state index contributed by atoms with van der Waals surface area (Å²) in [5, 5.41) is 5.29. The molecule has 1 saturated carbocycles. The fourth-order valence-electron chi connectivity index (χ4n) is 3.35. The number of nitrogens with zero attached hydrogens (tertiary/aromatic N) is 1. The summed E-state index contributed by atoms with van der Waals surface area (Å²) in [6.45, 7) is 0.827. The van der Waals surface area contributed by atoms with Crippen molar-refractivity contribution in [3.8, 4) is 0 Å². The van der Waals surface area contributed by atoms with Crippen LogP contribution in [-0.4, -0.2) is 29.8 Å². The molecular formula is C15H16ClN3O. The fourth-order valence-corrected chi connectivity index (χ4v) is 3.52. The molecule has 1 aromatic heterocycles. The van der Waals surface area contributed by atoms with E-state index in [0.717, 1.165) is 29.6 Å². The number of aromatic nitrogens is 1. The molecule has 0 amide bonds. The van der Waals surface area contributed by atoms with E-state index in [2.05, 4.69) is 10.3 Å². The van der Waals surface area contributed by atoms with E-state index in [-0.39, 0.29) is 18.2 Å². The van der Waals surface area contributed by atoms with Crippen molar-refractivity contribution in [1.29, 1.82) is 0 Å². The van der Waals surface area contributed by atoms with Crippen LogP contribution in [0.25, 0.3) is 10.9 Å². The number of nitrogens with two attached hydrogens (primary N) is 1. The first kappa shape index (κ1) is 12.4. The van der Waals surface area contributed by atoms with Crippen LogP contribution in [0.5, 0.6) is 0 Å². The molecule has 4 atom stereocenters. The lowest BCUT2D eigenvalue weighted by Gasteiger charge is -2.46. The van der Waals surface area contributed by atoms with Gasteiger partial charge in [0.25, 0.3) is 0 Å². The molecule has 4 rings (SSSR count). The smallest absolute Gasteiger partial charge is 0.0835 e. The quantitative estimate of drug-likeness (QED) is 0.891. The number of halogens is 1. The van der Waals surface area contributed by atoms with E-state index in [1.165, 1.54) is 0 Å². The third kappa shape index (κ3) is 1.79. The van der Waals surface area contributed by atoms with Crippen molar-refractivity contribution in [3.63, 3.8) is 0 Å². The molecule has 1 aliphatic carbocycles. The van der Waals surface area contributed by atoms with Gasteiger partial charge in [0.15, 0.2) is 0 Å². The van der Waals surface area contributed by atoms with Crippen LogP contribution in [0.1, 0.15) is 6.42 Å². The molecule has 2 aliphatic rings. The Hall–Kier alpha value is -1.36. The van der Waals surface area contributed by atoms with Gasteiger partial charge in [-0.25, -0.2) is 0 Å². The number of pyridine rings is 1. The van der Waals surface area contributed by atoms with Gasteiger partial charge in [0.05, 0.1) is 17.7 Å². The molecule has 104 valence electrons. The second kappa shape index (κ2) is 4.58. The van der Waals surface area contributed by atoms with Crippen molar-refractivity contribution in [2.75, 3.05) is 11.9 Å². The van der Waals surface area contributed by atoms with Gasteiger partial charge < -0.3 is 15.8 Å². The van der Waals surface area contributed by atoms with Gasteiger partial charge in [-0.2, -0.15) is 0 Å². The predicted molar refractivity (Wildman–Crippen MR) is 80.0 cm³/mol. The third-order valence-electron chi connectivity index (χ3n) is 4.47. The maximum absolute atomic E-state index is 6.24. The lowest BCUT2D eigenvalue weighted by molar-refractivity contribution is 0.00542. The molecule has 1 aromatic carbocycles. The molecule has 0 radical (unpaired) electrons. The maximum Gasteiger partial charge on any atom is 0.0835 e. The van der Waals surface area contributed by atoms with Gasteiger partial charge in [-0.15, -0.1) is 0 Å². The van der Waals surface area contributed by atoms with Gasteiger partial charge in [0, 0.05) is 40.9 Å². The summed E-state index contributed by atoms with van der Waals surface area (Å²) in [5.41, 5.74) is 8.18. The zero-order valence-corrected chi connectivity index (χ0v) is 11.7. The van der Waals surface area contributed by atoms with Crippen LogP contribution in [0.15, 0.2) is 30.5 Å². The van der Waals surface area contributed by atoms with Gasteiger partial charge in [0.1, 0.15) is 0 Å². The highest BCUT2D eigenvalue weighted by atomic mass is 35.5. The summed E-state index contributed by atoms with van der Waals surface area (Å²) < 4.78 is 5.76. The summed E-state index contributed by atoms with van der Waals surface area (Å²) in [4.78, 5) is 4.35. The Labute approximate surface area is 122 Å². The molecule has 3 N–H and O–H groups in total. The second-order valence-corrected chi connectivity index (χ2v) is 5.99. The lowest BCUT2D eigenvalue weighted by Crippen LogP contribution is -2.65. The number of rotatable bonds is 2. The molecule has 1 saturated heterocycles. The van der Waals surface area contributed by atoms with Crippen LogP contribution in [0, 0.1) is 5.92 Å². The Bertz CT molecular complexity index is 663. The SMILES string of the molecule is NC1C2CCOC2C1Nc1ccnc2cc(Cl)ccc12. The van der Waals surface area contributed by atoms with E-state index in [1.807, 2.05) is 24.3 Å². The Balaban J connectivity index is 1.66.